The Morgan fingerprint density at radius 3 is 2.89 bits per heavy atom. The van der Waals surface area contributed by atoms with Crippen LogP contribution in [0.4, 0.5) is 10.1 Å². The monoisotopic (exact) mass is 385 g/mol. The summed E-state index contributed by atoms with van der Waals surface area (Å²) in [6.45, 7) is 1.05. The molecule has 0 unspecified atom stereocenters. The minimum atomic E-state index is -0.384. The maximum atomic E-state index is 13.9. The van der Waals surface area contributed by atoms with Crippen molar-refractivity contribution in [1.82, 2.24) is 9.88 Å². The quantitative estimate of drug-likeness (QED) is 0.731. The number of halogens is 1. The van der Waals surface area contributed by atoms with Crippen molar-refractivity contribution in [2.24, 2.45) is 7.05 Å². The zero-order valence-electron chi connectivity index (χ0n) is 15.0. The smallest absolute Gasteiger partial charge is 0.270 e. The molecular formula is C20H20FN3O2S. The van der Waals surface area contributed by atoms with E-state index >= 15 is 0 Å². The number of anilines is 1. The van der Waals surface area contributed by atoms with Gasteiger partial charge in [0, 0.05) is 36.8 Å². The van der Waals surface area contributed by atoms with Gasteiger partial charge in [0.05, 0.1) is 11.2 Å². The van der Waals surface area contributed by atoms with Crippen LogP contribution in [-0.2, 0) is 18.3 Å². The molecule has 1 saturated heterocycles. The van der Waals surface area contributed by atoms with Crippen LogP contribution in [0, 0.1) is 5.82 Å². The molecule has 1 aliphatic rings. The van der Waals surface area contributed by atoms with Crippen molar-refractivity contribution >= 4 is 39.7 Å². The second-order valence-corrected chi connectivity index (χ2v) is 7.68. The number of fused-ring (bicyclic) bond motifs is 1. The summed E-state index contributed by atoms with van der Waals surface area (Å²) in [5, 5.41) is 5.55. The summed E-state index contributed by atoms with van der Waals surface area (Å²) in [7, 11) is 1.78. The molecule has 0 bridgehead atoms. The molecule has 3 aromatic rings. The van der Waals surface area contributed by atoms with E-state index in [2.05, 4.69) is 5.32 Å². The second-order valence-electron chi connectivity index (χ2n) is 6.65. The number of hydrogen-bond donors (Lipinski definition) is 1. The third-order valence-electron chi connectivity index (χ3n) is 4.93. The SMILES string of the molecule is Cn1c(C(=O)NCCc2cccs2)c(N2CCCC2=O)c2cc(F)ccc21. The van der Waals surface area contributed by atoms with Crippen molar-refractivity contribution in [3.8, 4) is 0 Å². The summed E-state index contributed by atoms with van der Waals surface area (Å²) < 4.78 is 15.6. The van der Waals surface area contributed by atoms with Crippen LogP contribution in [0.15, 0.2) is 35.7 Å². The molecule has 27 heavy (non-hydrogen) atoms. The molecule has 2 amide bonds. The topological polar surface area (TPSA) is 54.3 Å². The van der Waals surface area contributed by atoms with Crippen LogP contribution in [0.5, 0.6) is 0 Å². The molecule has 0 saturated carbocycles. The highest BCUT2D eigenvalue weighted by molar-refractivity contribution is 7.09. The van der Waals surface area contributed by atoms with E-state index in [0.29, 0.717) is 36.3 Å². The summed E-state index contributed by atoms with van der Waals surface area (Å²) in [4.78, 5) is 28.1. The summed E-state index contributed by atoms with van der Waals surface area (Å²) in [5.41, 5.74) is 1.65. The number of rotatable bonds is 5. The normalized spacial score (nSPS) is 14.3. The van der Waals surface area contributed by atoms with E-state index in [9.17, 15) is 14.0 Å². The molecule has 7 heteroatoms. The second kappa shape index (κ2) is 7.15. The average molecular weight is 385 g/mol. The molecule has 140 valence electrons. The van der Waals surface area contributed by atoms with Crippen LogP contribution >= 0.6 is 11.3 Å². The first-order valence-electron chi connectivity index (χ1n) is 8.95. The molecule has 0 radical (unpaired) electrons. The third-order valence-corrected chi connectivity index (χ3v) is 5.87. The summed E-state index contributed by atoms with van der Waals surface area (Å²) in [6, 6.07) is 8.44. The number of carbonyl (C=O) groups is 2. The zero-order valence-corrected chi connectivity index (χ0v) is 15.8. The van der Waals surface area contributed by atoms with Crippen LogP contribution in [0.1, 0.15) is 28.2 Å². The number of hydrogen-bond acceptors (Lipinski definition) is 3. The van der Waals surface area contributed by atoms with Gasteiger partial charge in [-0.15, -0.1) is 11.3 Å². The van der Waals surface area contributed by atoms with Crippen molar-refractivity contribution in [1.29, 1.82) is 0 Å². The zero-order chi connectivity index (χ0) is 19.0. The van der Waals surface area contributed by atoms with Crippen LogP contribution in [-0.4, -0.2) is 29.5 Å². The number of nitrogens with zero attached hydrogens (tertiary/aromatic N) is 2. The van der Waals surface area contributed by atoms with Crippen LogP contribution in [0.25, 0.3) is 10.9 Å². The van der Waals surface area contributed by atoms with Gasteiger partial charge < -0.3 is 14.8 Å². The highest BCUT2D eigenvalue weighted by Gasteiger charge is 2.31. The lowest BCUT2D eigenvalue weighted by atomic mass is 10.2. The number of thiophene rings is 1. The van der Waals surface area contributed by atoms with E-state index < -0.39 is 0 Å². The van der Waals surface area contributed by atoms with Gasteiger partial charge in [-0.05, 0) is 42.5 Å². The van der Waals surface area contributed by atoms with Crippen molar-refractivity contribution in [2.75, 3.05) is 18.0 Å². The maximum absolute atomic E-state index is 13.9. The number of amides is 2. The highest BCUT2D eigenvalue weighted by atomic mass is 32.1. The number of aromatic nitrogens is 1. The van der Waals surface area contributed by atoms with E-state index in [4.69, 9.17) is 0 Å². The summed E-state index contributed by atoms with van der Waals surface area (Å²) >= 11 is 1.65. The van der Waals surface area contributed by atoms with Gasteiger partial charge in [-0.1, -0.05) is 6.07 Å². The molecule has 3 heterocycles. The van der Waals surface area contributed by atoms with Gasteiger partial charge >= 0.3 is 0 Å². The van der Waals surface area contributed by atoms with Gasteiger partial charge in [-0.25, -0.2) is 4.39 Å². The Kier molecular flexibility index (Phi) is 4.70. The van der Waals surface area contributed by atoms with Gasteiger partial charge in [0.1, 0.15) is 11.5 Å². The van der Waals surface area contributed by atoms with E-state index in [1.165, 1.54) is 17.0 Å². The number of benzene rings is 1. The Bertz CT molecular complexity index is 1010. The van der Waals surface area contributed by atoms with Crippen LogP contribution in [0.2, 0.25) is 0 Å². The van der Waals surface area contributed by atoms with Gasteiger partial charge in [-0.2, -0.15) is 0 Å². The molecule has 1 N–H and O–H groups in total. The minimum Gasteiger partial charge on any atom is -0.350 e. The van der Waals surface area contributed by atoms with Crippen molar-refractivity contribution in [3.63, 3.8) is 0 Å². The fourth-order valence-corrected chi connectivity index (χ4v) is 4.36. The molecular weight excluding hydrogens is 365 g/mol. The van der Waals surface area contributed by atoms with E-state index in [1.807, 2.05) is 17.5 Å². The summed E-state index contributed by atoms with van der Waals surface area (Å²) in [5.74, 6) is -0.662. The number of nitrogens with one attached hydrogen (secondary N) is 1. The molecule has 0 atom stereocenters. The Labute approximate surface area is 160 Å². The molecule has 5 nitrogen and oxygen atoms in total. The molecule has 0 spiro atoms. The number of carbonyl (C=O) groups excluding carboxylic acids is 2. The largest absolute Gasteiger partial charge is 0.350 e. The maximum Gasteiger partial charge on any atom is 0.270 e. The van der Waals surface area contributed by atoms with E-state index in [1.54, 1.807) is 33.9 Å². The van der Waals surface area contributed by atoms with Crippen molar-refractivity contribution in [2.45, 2.75) is 19.3 Å². The first kappa shape index (κ1) is 17.7. The van der Waals surface area contributed by atoms with Gasteiger partial charge in [0.15, 0.2) is 0 Å². The van der Waals surface area contributed by atoms with Gasteiger partial charge in [-0.3, -0.25) is 9.59 Å². The fourth-order valence-electron chi connectivity index (χ4n) is 3.65. The Morgan fingerprint density at radius 2 is 2.19 bits per heavy atom. The third kappa shape index (κ3) is 3.23. The molecule has 2 aromatic heterocycles. The van der Waals surface area contributed by atoms with Gasteiger partial charge in [0.2, 0.25) is 5.91 Å². The Balaban J connectivity index is 1.70. The Morgan fingerprint density at radius 1 is 1.33 bits per heavy atom. The molecule has 1 fully saturated rings. The van der Waals surface area contributed by atoms with Crippen LogP contribution < -0.4 is 10.2 Å². The molecule has 4 rings (SSSR count). The Hall–Kier alpha value is -2.67. The van der Waals surface area contributed by atoms with Crippen LogP contribution in [0.3, 0.4) is 0 Å². The lowest BCUT2D eigenvalue weighted by Gasteiger charge is -2.17. The van der Waals surface area contributed by atoms with Crippen molar-refractivity contribution < 1.29 is 14.0 Å². The summed E-state index contributed by atoms with van der Waals surface area (Å²) in [6.07, 6.45) is 1.94. The predicted molar refractivity (Wildman–Crippen MR) is 105 cm³/mol. The standard InChI is InChI=1S/C20H20FN3O2S/c1-23-16-7-6-13(21)12-15(16)18(24-10-2-5-17(24)25)19(23)20(26)22-9-8-14-4-3-11-27-14/h3-4,6-7,11-12H,2,5,8-10H2,1H3,(H,22,26). The van der Waals surface area contributed by atoms with E-state index in [-0.39, 0.29) is 17.6 Å². The minimum absolute atomic E-state index is 0.0283. The molecule has 1 aliphatic heterocycles. The number of aryl methyl sites for hydroxylation is 1. The predicted octanol–water partition coefficient (Wildman–Crippen LogP) is 3.48. The molecule has 0 aliphatic carbocycles. The first-order valence-corrected chi connectivity index (χ1v) is 9.83. The highest BCUT2D eigenvalue weighted by Crippen LogP contribution is 2.36. The molecule has 1 aromatic carbocycles. The lowest BCUT2D eigenvalue weighted by Crippen LogP contribution is -2.31. The van der Waals surface area contributed by atoms with Gasteiger partial charge in [0.25, 0.3) is 5.91 Å². The lowest BCUT2D eigenvalue weighted by molar-refractivity contribution is -0.117. The average Bonchev–Trinajstić information content (AvgIpc) is 3.35. The first-order chi connectivity index (χ1) is 13.1. The van der Waals surface area contributed by atoms with E-state index in [0.717, 1.165) is 18.4 Å². The van der Waals surface area contributed by atoms with Crippen molar-refractivity contribution in [3.05, 3.63) is 52.1 Å². The fraction of sp³-hybridized carbons (Fsp3) is 0.300.